The minimum atomic E-state index is -0.298. The highest BCUT2D eigenvalue weighted by Crippen LogP contribution is 2.55. The van der Waals surface area contributed by atoms with E-state index >= 15 is 0 Å². The normalized spacial score (nSPS) is 12.9. The lowest BCUT2D eigenvalue weighted by atomic mass is 9.33. The summed E-state index contributed by atoms with van der Waals surface area (Å²) in [5.41, 5.74) is 32.6. The molecule has 2 aliphatic heterocycles. The molecule has 4 nitrogen and oxygen atoms in total. The van der Waals surface area contributed by atoms with Crippen molar-refractivity contribution in [2.75, 3.05) is 9.80 Å². The molecule has 16 aromatic rings. The maximum absolute atomic E-state index is 2.71. The second-order valence-corrected chi connectivity index (χ2v) is 30.9. The van der Waals surface area contributed by atoms with Gasteiger partial charge in [-0.2, -0.15) is 0 Å². The van der Waals surface area contributed by atoms with E-state index in [4.69, 9.17) is 0 Å². The molecule has 2 aliphatic rings. The molecule has 2 aromatic heterocycles. The van der Waals surface area contributed by atoms with E-state index in [1.807, 2.05) is 0 Å². The summed E-state index contributed by atoms with van der Waals surface area (Å²) in [5, 5.41) is 4.85. The Morgan fingerprint density at radius 2 is 0.634 bits per heavy atom. The molecule has 14 aromatic carbocycles. The molecule has 0 spiro atoms. The summed E-state index contributed by atoms with van der Waals surface area (Å²) in [6, 6.07) is 119. The number of para-hydroxylation sites is 5. The van der Waals surface area contributed by atoms with Crippen LogP contribution in [0.25, 0.3) is 111 Å². The molecule has 4 heterocycles. The molecule has 0 saturated heterocycles. The second-order valence-electron chi connectivity index (χ2n) is 30.9. The third kappa shape index (κ3) is 10.2. The Kier molecular flexibility index (Phi) is 14.3. The van der Waals surface area contributed by atoms with Gasteiger partial charge in [0.2, 0.25) is 0 Å². The number of benzene rings is 14. The molecule has 101 heavy (non-hydrogen) atoms. The zero-order valence-electron chi connectivity index (χ0n) is 58.9. The first-order valence-electron chi connectivity index (χ1n) is 35.8. The van der Waals surface area contributed by atoms with Gasteiger partial charge < -0.3 is 18.9 Å². The van der Waals surface area contributed by atoms with Gasteiger partial charge in [0, 0.05) is 77.9 Å². The SMILES string of the molecule is CC(C)(C)c1cc(-c2ccc3c(c2)B2c4ccc(-n5c6ccccc6c6cc7c(cc65)c5ccccc5n7-c5ccccc5)cc4N(c4c(-c5ccccc5)cccc4-c4ccccc4)c4cc(C(C)(C)C)cc(c42)N3c2c(-c3ccccc3)cccc2-c2ccccc2)cc(C(C)(C)C)c1. The Morgan fingerprint density at radius 1 is 0.238 bits per heavy atom. The summed E-state index contributed by atoms with van der Waals surface area (Å²) >= 11 is 0. The molecule has 0 saturated carbocycles. The van der Waals surface area contributed by atoms with Gasteiger partial charge in [-0.05, 0) is 149 Å². The quantitative estimate of drug-likeness (QED) is 0.134. The zero-order chi connectivity index (χ0) is 68.6. The van der Waals surface area contributed by atoms with Crippen molar-refractivity contribution in [2.45, 2.75) is 78.6 Å². The smallest absolute Gasteiger partial charge is 0.252 e. The monoisotopic (exact) mass is 1300 g/mol. The van der Waals surface area contributed by atoms with E-state index in [1.54, 1.807) is 0 Å². The molecule has 0 fully saturated rings. The lowest BCUT2D eigenvalue weighted by molar-refractivity contribution is 0.569. The number of hydrogen-bond donors (Lipinski definition) is 0. The van der Waals surface area contributed by atoms with Crippen molar-refractivity contribution in [3.8, 4) is 67.0 Å². The first-order chi connectivity index (χ1) is 49.0. The fourth-order valence-corrected chi connectivity index (χ4v) is 16.4. The number of fused-ring (bicyclic) bond motifs is 10. The zero-order valence-corrected chi connectivity index (χ0v) is 58.9. The molecule has 0 bridgehead atoms. The molecule has 0 N–H and O–H groups in total. The second kappa shape index (κ2) is 23.5. The number of anilines is 6. The van der Waals surface area contributed by atoms with Gasteiger partial charge >= 0.3 is 0 Å². The molecule has 5 heteroatoms. The van der Waals surface area contributed by atoms with E-state index in [0.717, 1.165) is 95.4 Å². The molecule has 0 atom stereocenters. The van der Waals surface area contributed by atoms with Crippen molar-refractivity contribution in [3.05, 3.63) is 332 Å². The van der Waals surface area contributed by atoms with Gasteiger partial charge in [-0.25, -0.2) is 0 Å². The van der Waals surface area contributed by atoms with E-state index in [1.165, 1.54) is 82.5 Å². The van der Waals surface area contributed by atoms with Crippen molar-refractivity contribution in [1.82, 2.24) is 9.13 Å². The minimum Gasteiger partial charge on any atom is -0.310 e. The lowest BCUT2D eigenvalue weighted by Gasteiger charge is -2.46. The summed E-state index contributed by atoms with van der Waals surface area (Å²) < 4.78 is 5.00. The van der Waals surface area contributed by atoms with Crippen molar-refractivity contribution >= 4 is 101 Å². The van der Waals surface area contributed by atoms with Crippen LogP contribution in [-0.2, 0) is 16.2 Å². The van der Waals surface area contributed by atoms with E-state index < -0.39 is 0 Å². The molecule has 486 valence electrons. The fraction of sp³-hybridized carbons (Fsp3) is 0.125. The predicted molar refractivity (Wildman–Crippen MR) is 432 cm³/mol. The Hall–Kier alpha value is -11.7. The van der Waals surface area contributed by atoms with E-state index in [2.05, 4.69) is 397 Å². The minimum absolute atomic E-state index is 0.0872. The van der Waals surface area contributed by atoms with Crippen molar-refractivity contribution in [3.63, 3.8) is 0 Å². The third-order valence-electron chi connectivity index (χ3n) is 21.5. The van der Waals surface area contributed by atoms with E-state index in [-0.39, 0.29) is 23.0 Å². The highest BCUT2D eigenvalue weighted by atomic mass is 15.2. The van der Waals surface area contributed by atoms with Gasteiger partial charge in [0.25, 0.3) is 6.71 Å². The average Bonchev–Trinajstić information content (AvgIpc) is 0.820. The Bertz CT molecular complexity index is 5800. The molecular weight excluding hydrogens is 1220 g/mol. The van der Waals surface area contributed by atoms with Crippen LogP contribution in [0.1, 0.15) is 79.0 Å². The van der Waals surface area contributed by atoms with Crippen molar-refractivity contribution in [1.29, 1.82) is 0 Å². The Balaban J connectivity index is 1.000. The number of hydrogen-bond acceptors (Lipinski definition) is 2. The maximum Gasteiger partial charge on any atom is 0.252 e. The topological polar surface area (TPSA) is 16.3 Å². The average molecular weight is 1300 g/mol. The third-order valence-corrected chi connectivity index (χ3v) is 21.5. The number of nitrogens with zero attached hydrogens (tertiary/aromatic N) is 4. The van der Waals surface area contributed by atoms with Crippen LogP contribution in [0.4, 0.5) is 34.1 Å². The maximum atomic E-state index is 2.71. The van der Waals surface area contributed by atoms with Crippen molar-refractivity contribution < 1.29 is 0 Å². The molecule has 18 rings (SSSR count). The van der Waals surface area contributed by atoms with Crippen LogP contribution in [0.5, 0.6) is 0 Å². The van der Waals surface area contributed by atoms with Crippen LogP contribution < -0.4 is 26.2 Å². The largest absolute Gasteiger partial charge is 0.310 e. The summed E-state index contributed by atoms with van der Waals surface area (Å²) in [4.78, 5) is 5.40. The highest BCUT2D eigenvalue weighted by molar-refractivity contribution is 7.00. The summed E-state index contributed by atoms with van der Waals surface area (Å²) in [5.74, 6) is 0. The van der Waals surface area contributed by atoms with Gasteiger partial charge in [0.1, 0.15) is 0 Å². The van der Waals surface area contributed by atoms with Crippen LogP contribution in [0.3, 0.4) is 0 Å². The van der Waals surface area contributed by atoms with Gasteiger partial charge in [-0.3, -0.25) is 0 Å². The molecule has 0 unspecified atom stereocenters. The number of rotatable bonds is 9. The van der Waals surface area contributed by atoms with Gasteiger partial charge in [-0.1, -0.05) is 311 Å². The standard InChI is InChI=1S/C96H79BN4/c1-94(2,3)68-53-67(54-69(56-68)95(4,5)6)66-49-52-85-82(55-66)97-81-51-50-72(99-84-48-28-26-42-78(84)80-60-86-79(61-87(80)99)77-41-25-27-47-83(77)98(86)71-39-23-14-24-40-71)59-88(81)101(93-75(64-35-19-12-20-36-64)45-30-46-76(93)65-37-21-13-22-38-65)90-58-70(96(7,8)9)57-89(91(90)97)100(85)92-73(62-31-15-10-16-32-62)43-29-44-74(92)63-33-17-11-18-34-63/h10-61H,1-9H3. The summed E-state index contributed by atoms with van der Waals surface area (Å²) in [7, 11) is 0. The summed E-state index contributed by atoms with van der Waals surface area (Å²) in [6.07, 6.45) is 0. The molecule has 0 aliphatic carbocycles. The van der Waals surface area contributed by atoms with Crippen LogP contribution in [-0.4, -0.2) is 15.8 Å². The first kappa shape index (κ1) is 61.7. The van der Waals surface area contributed by atoms with E-state index in [0.29, 0.717) is 0 Å². The van der Waals surface area contributed by atoms with Gasteiger partial charge in [0.15, 0.2) is 0 Å². The molecular formula is C96H79BN4. The van der Waals surface area contributed by atoms with Crippen LogP contribution in [0.15, 0.2) is 315 Å². The molecule has 0 radical (unpaired) electrons. The van der Waals surface area contributed by atoms with E-state index in [9.17, 15) is 0 Å². The Morgan fingerprint density at radius 3 is 1.08 bits per heavy atom. The molecule has 0 amide bonds. The number of aromatic nitrogens is 2. The highest BCUT2D eigenvalue weighted by Gasteiger charge is 2.46. The van der Waals surface area contributed by atoms with Crippen LogP contribution in [0.2, 0.25) is 0 Å². The first-order valence-corrected chi connectivity index (χ1v) is 35.8. The summed E-state index contributed by atoms with van der Waals surface area (Å²) in [6.45, 7) is 21.0. The predicted octanol–water partition coefficient (Wildman–Crippen LogP) is 24.2. The van der Waals surface area contributed by atoms with Crippen LogP contribution >= 0.6 is 0 Å². The van der Waals surface area contributed by atoms with Gasteiger partial charge in [-0.15, -0.1) is 0 Å². The van der Waals surface area contributed by atoms with Crippen LogP contribution in [0, 0.1) is 0 Å². The van der Waals surface area contributed by atoms with Gasteiger partial charge in [0.05, 0.1) is 33.4 Å². The fourth-order valence-electron chi connectivity index (χ4n) is 16.4. The van der Waals surface area contributed by atoms with Crippen molar-refractivity contribution in [2.24, 2.45) is 0 Å². The lowest BCUT2D eigenvalue weighted by Crippen LogP contribution is -2.61. The Labute approximate surface area is 593 Å².